The van der Waals surface area contributed by atoms with Crippen molar-refractivity contribution in [2.45, 2.75) is 39.0 Å². The Hall–Kier alpha value is -2.39. The summed E-state index contributed by atoms with van der Waals surface area (Å²) in [5.74, 6) is 1.38. The largest absolute Gasteiger partial charge is 0.343 e. The topological polar surface area (TPSA) is 33.2 Å². The molecule has 1 aliphatic heterocycles. The number of carbonyl (C=O) groups is 1. The van der Waals surface area contributed by atoms with Gasteiger partial charge in [-0.1, -0.05) is 67.9 Å². The van der Waals surface area contributed by atoms with E-state index in [0.29, 0.717) is 23.3 Å². The molecule has 1 unspecified atom stereocenters. The normalized spacial score (nSPS) is 16.2. The second-order valence-electron chi connectivity index (χ2n) is 7.98. The molecule has 1 saturated heterocycles. The summed E-state index contributed by atoms with van der Waals surface area (Å²) in [5, 5.41) is 1.76. The van der Waals surface area contributed by atoms with E-state index in [-0.39, 0.29) is 5.91 Å². The first-order valence-corrected chi connectivity index (χ1v) is 10.9. The van der Waals surface area contributed by atoms with Crippen LogP contribution in [0.15, 0.2) is 54.7 Å². The van der Waals surface area contributed by atoms with Gasteiger partial charge in [0.25, 0.3) is 0 Å². The Morgan fingerprint density at radius 1 is 1.14 bits per heavy atom. The molecule has 29 heavy (non-hydrogen) atoms. The molecular formula is C25H27ClN2O. The van der Waals surface area contributed by atoms with Crippen LogP contribution in [0, 0.1) is 5.92 Å². The summed E-state index contributed by atoms with van der Waals surface area (Å²) in [5.41, 5.74) is 4.33. The van der Waals surface area contributed by atoms with Gasteiger partial charge in [-0.3, -0.25) is 9.78 Å². The third-order valence-electron chi connectivity index (χ3n) is 6.36. The number of carbonyl (C=O) groups excluding carboxylic acids is 1. The summed E-state index contributed by atoms with van der Waals surface area (Å²) in [6, 6.07) is 16.9. The molecule has 3 nitrogen and oxygen atoms in total. The van der Waals surface area contributed by atoms with Gasteiger partial charge in [0, 0.05) is 36.7 Å². The highest BCUT2D eigenvalue weighted by Crippen LogP contribution is 2.36. The fourth-order valence-corrected chi connectivity index (χ4v) is 4.77. The highest BCUT2D eigenvalue weighted by Gasteiger charge is 2.26. The van der Waals surface area contributed by atoms with Gasteiger partial charge >= 0.3 is 0 Å². The molecule has 2 aromatic carbocycles. The van der Waals surface area contributed by atoms with E-state index >= 15 is 0 Å². The number of pyridine rings is 1. The number of hydrogen-bond donors (Lipinski definition) is 0. The number of benzene rings is 2. The van der Waals surface area contributed by atoms with Gasteiger partial charge in [-0.2, -0.15) is 0 Å². The molecule has 0 bridgehead atoms. The Kier molecular flexibility index (Phi) is 5.86. The number of likely N-dealkylation sites (tertiary alicyclic amines) is 1. The third kappa shape index (κ3) is 4.02. The highest BCUT2D eigenvalue weighted by molar-refractivity contribution is 6.37. The fraction of sp³-hybridized carbons (Fsp3) is 0.360. The molecule has 1 amide bonds. The number of amides is 1. The fourth-order valence-electron chi connectivity index (χ4n) is 4.44. The van der Waals surface area contributed by atoms with Crippen molar-refractivity contribution in [2.75, 3.05) is 13.1 Å². The Labute approximate surface area is 177 Å². The van der Waals surface area contributed by atoms with Crippen LogP contribution in [0.3, 0.4) is 0 Å². The van der Waals surface area contributed by atoms with Crippen LogP contribution in [0.1, 0.15) is 44.6 Å². The summed E-state index contributed by atoms with van der Waals surface area (Å²) in [6.07, 6.45) is 4.55. The molecule has 150 valence electrons. The maximum Gasteiger partial charge on any atom is 0.222 e. The molecule has 1 atom stereocenters. The molecule has 0 spiro atoms. The summed E-state index contributed by atoms with van der Waals surface area (Å²) in [6.45, 7) is 6.03. The average Bonchev–Trinajstić information content (AvgIpc) is 2.79. The van der Waals surface area contributed by atoms with E-state index in [1.807, 2.05) is 24.0 Å². The van der Waals surface area contributed by atoms with Gasteiger partial charge < -0.3 is 4.90 Å². The van der Waals surface area contributed by atoms with Gasteiger partial charge in [0.05, 0.1) is 10.5 Å². The Morgan fingerprint density at radius 3 is 2.55 bits per heavy atom. The summed E-state index contributed by atoms with van der Waals surface area (Å²) < 4.78 is 0. The van der Waals surface area contributed by atoms with Crippen molar-refractivity contribution in [2.24, 2.45) is 5.92 Å². The van der Waals surface area contributed by atoms with Gasteiger partial charge in [0.15, 0.2) is 0 Å². The van der Waals surface area contributed by atoms with Gasteiger partial charge in [-0.15, -0.1) is 0 Å². The van der Waals surface area contributed by atoms with Crippen LogP contribution < -0.4 is 0 Å². The van der Waals surface area contributed by atoms with Crippen molar-refractivity contribution in [3.63, 3.8) is 0 Å². The Balaban J connectivity index is 1.50. The van der Waals surface area contributed by atoms with Crippen LogP contribution in [0.25, 0.3) is 22.0 Å². The predicted octanol–water partition coefficient (Wildman–Crippen LogP) is 6.31. The Morgan fingerprint density at radius 2 is 1.86 bits per heavy atom. The molecule has 0 radical (unpaired) electrons. The van der Waals surface area contributed by atoms with Gasteiger partial charge in [0.2, 0.25) is 5.91 Å². The summed E-state index contributed by atoms with van der Waals surface area (Å²) in [7, 11) is 0. The second-order valence-corrected chi connectivity index (χ2v) is 8.36. The first-order valence-electron chi connectivity index (χ1n) is 10.5. The SMILES string of the molecule is CCC(=O)N1CCC(C(C)c2ccc(-c3ccc4cccnc4c3Cl)cc2)CC1. The number of halogens is 1. The molecule has 0 N–H and O–H groups in total. The molecule has 1 fully saturated rings. The van der Waals surface area contributed by atoms with Crippen LogP contribution >= 0.6 is 11.6 Å². The van der Waals surface area contributed by atoms with Crippen LogP contribution in [0.5, 0.6) is 0 Å². The lowest BCUT2D eigenvalue weighted by molar-refractivity contribution is -0.132. The summed E-state index contributed by atoms with van der Waals surface area (Å²) >= 11 is 6.66. The molecule has 1 aromatic heterocycles. The van der Waals surface area contributed by atoms with Crippen molar-refractivity contribution in [1.82, 2.24) is 9.88 Å². The van der Waals surface area contributed by atoms with Crippen molar-refractivity contribution in [3.8, 4) is 11.1 Å². The van der Waals surface area contributed by atoms with Crippen molar-refractivity contribution in [3.05, 3.63) is 65.3 Å². The van der Waals surface area contributed by atoms with Crippen LogP contribution in [-0.4, -0.2) is 28.9 Å². The molecule has 0 aliphatic carbocycles. The first-order chi connectivity index (χ1) is 14.1. The zero-order valence-electron chi connectivity index (χ0n) is 17.1. The average molecular weight is 407 g/mol. The second kappa shape index (κ2) is 8.54. The van der Waals surface area contributed by atoms with E-state index in [1.165, 1.54) is 5.56 Å². The van der Waals surface area contributed by atoms with E-state index in [9.17, 15) is 4.79 Å². The lowest BCUT2D eigenvalue weighted by Crippen LogP contribution is -2.39. The van der Waals surface area contributed by atoms with Gasteiger partial charge in [-0.25, -0.2) is 0 Å². The number of nitrogens with zero attached hydrogens (tertiary/aromatic N) is 2. The summed E-state index contributed by atoms with van der Waals surface area (Å²) in [4.78, 5) is 18.4. The highest BCUT2D eigenvalue weighted by atomic mass is 35.5. The van der Waals surface area contributed by atoms with E-state index in [2.05, 4.69) is 48.3 Å². The predicted molar refractivity (Wildman–Crippen MR) is 120 cm³/mol. The zero-order chi connectivity index (χ0) is 20.4. The number of fused-ring (bicyclic) bond motifs is 1. The number of hydrogen-bond acceptors (Lipinski definition) is 2. The van der Waals surface area contributed by atoms with Crippen molar-refractivity contribution >= 4 is 28.4 Å². The molecule has 2 heterocycles. The minimum absolute atomic E-state index is 0.280. The first kappa shape index (κ1) is 19.9. The number of aromatic nitrogens is 1. The minimum Gasteiger partial charge on any atom is -0.343 e. The van der Waals surface area contributed by atoms with Crippen LogP contribution in [-0.2, 0) is 4.79 Å². The van der Waals surface area contributed by atoms with E-state index in [4.69, 9.17) is 11.6 Å². The maximum atomic E-state index is 11.9. The lowest BCUT2D eigenvalue weighted by atomic mass is 9.81. The maximum absolute atomic E-state index is 11.9. The zero-order valence-corrected chi connectivity index (χ0v) is 17.8. The third-order valence-corrected chi connectivity index (χ3v) is 6.74. The van der Waals surface area contributed by atoms with Crippen molar-refractivity contribution in [1.29, 1.82) is 0 Å². The van der Waals surface area contributed by atoms with Gasteiger partial charge in [0.1, 0.15) is 0 Å². The number of piperidine rings is 1. The lowest BCUT2D eigenvalue weighted by Gasteiger charge is -2.35. The molecule has 3 aromatic rings. The van der Waals surface area contributed by atoms with Crippen LogP contribution in [0.2, 0.25) is 5.02 Å². The molecular weight excluding hydrogens is 380 g/mol. The monoisotopic (exact) mass is 406 g/mol. The smallest absolute Gasteiger partial charge is 0.222 e. The minimum atomic E-state index is 0.280. The van der Waals surface area contributed by atoms with Crippen LogP contribution in [0.4, 0.5) is 0 Å². The van der Waals surface area contributed by atoms with E-state index in [0.717, 1.165) is 48.0 Å². The quantitative estimate of drug-likeness (QED) is 0.508. The molecule has 4 heteroatoms. The molecule has 1 aliphatic rings. The van der Waals surface area contributed by atoms with E-state index < -0.39 is 0 Å². The molecule has 4 rings (SSSR count). The molecule has 0 saturated carbocycles. The van der Waals surface area contributed by atoms with Crippen molar-refractivity contribution < 1.29 is 4.79 Å². The standard InChI is InChI=1S/C25H27ClN2O/c1-3-23(29)28-15-12-19(13-16-28)17(2)18-6-8-20(9-7-18)22-11-10-21-5-4-14-27-25(21)24(22)26/h4-11,14,17,19H,3,12-13,15-16H2,1-2H3. The van der Waals surface area contributed by atoms with Gasteiger partial charge in [-0.05, 0) is 41.9 Å². The number of rotatable bonds is 4. The van der Waals surface area contributed by atoms with E-state index in [1.54, 1.807) is 6.20 Å². The Bertz CT molecular complexity index is 1010.